The third-order valence-corrected chi connectivity index (χ3v) is 4.36. The molecule has 2 rings (SSSR count). The van der Waals surface area contributed by atoms with Crippen LogP contribution in [0.5, 0.6) is 0 Å². The summed E-state index contributed by atoms with van der Waals surface area (Å²) in [4.78, 5) is 18.9. The molecule has 1 aliphatic carbocycles. The molecular formula is C14H20ClN3O. The molecule has 1 N–H and O–H groups in total. The average molecular weight is 282 g/mol. The smallest absolute Gasteiger partial charge is 0.156 e. The molecular weight excluding hydrogens is 262 g/mol. The van der Waals surface area contributed by atoms with Gasteiger partial charge in [-0.25, -0.2) is 9.97 Å². The fourth-order valence-electron chi connectivity index (χ4n) is 2.70. The highest BCUT2D eigenvalue weighted by molar-refractivity contribution is 6.32. The number of carbonyl (C=O) groups excluding carboxylic acids is 1. The van der Waals surface area contributed by atoms with Gasteiger partial charge in [0.15, 0.2) is 6.29 Å². The van der Waals surface area contributed by atoms with Crippen LogP contribution in [-0.2, 0) is 0 Å². The van der Waals surface area contributed by atoms with Crippen LogP contribution in [0.1, 0.15) is 49.4 Å². The maximum absolute atomic E-state index is 11.0. The largest absolute Gasteiger partial charge is 0.369 e. The number of halogens is 1. The predicted molar refractivity (Wildman–Crippen MR) is 76.7 cm³/mol. The number of anilines is 1. The number of aldehydes is 1. The molecule has 1 aromatic heterocycles. The van der Waals surface area contributed by atoms with Crippen LogP contribution in [0.15, 0.2) is 6.33 Å². The summed E-state index contributed by atoms with van der Waals surface area (Å²) in [7, 11) is 0. The molecule has 0 unspecified atom stereocenters. The third-order valence-electron chi connectivity index (χ3n) is 4.05. The van der Waals surface area contributed by atoms with E-state index < -0.39 is 0 Å². The average Bonchev–Trinajstić information content (AvgIpc) is 2.45. The number of aromatic nitrogens is 2. The van der Waals surface area contributed by atoms with E-state index in [0.717, 1.165) is 12.5 Å². The van der Waals surface area contributed by atoms with E-state index in [0.29, 0.717) is 23.6 Å². The Kier molecular flexibility index (Phi) is 5.14. The summed E-state index contributed by atoms with van der Waals surface area (Å²) in [6.45, 7) is 3.12. The number of rotatable bonds is 5. The molecule has 0 bridgehead atoms. The second-order valence-electron chi connectivity index (χ2n) is 5.22. The van der Waals surface area contributed by atoms with Crippen molar-refractivity contribution in [3.05, 3.63) is 17.0 Å². The second kappa shape index (κ2) is 6.85. The van der Waals surface area contributed by atoms with Gasteiger partial charge in [-0.15, -0.1) is 0 Å². The fourth-order valence-corrected chi connectivity index (χ4v) is 2.88. The van der Waals surface area contributed by atoms with Gasteiger partial charge >= 0.3 is 0 Å². The highest BCUT2D eigenvalue weighted by Crippen LogP contribution is 2.30. The van der Waals surface area contributed by atoms with E-state index in [9.17, 15) is 4.79 Å². The van der Waals surface area contributed by atoms with Crippen LogP contribution in [-0.4, -0.2) is 22.8 Å². The molecule has 0 spiro atoms. The van der Waals surface area contributed by atoms with E-state index in [1.165, 1.54) is 38.4 Å². The summed E-state index contributed by atoms with van der Waals surface area (Å²) >= 11 is 5.87. The first-order valence-corrected chi connectivity index (χ1v) is 7.32. The first kappa shape index (κ1) is 14.3. The number of carbonyl (C=O) groups is 1. The van der Waals surface area contributed by atoms with Crippen LogP contribution < -0.4 is 5.32 Å². The monoisotopic (exact) mass is 281 g/mol. The number of hydrogen-bond donors (Lipinski definition) is 1. The van der Waals surface area contributed by atoms with E-state index in [2.05, 4.69) is 22.2 Å². The van der Waals surface area contributed by atoms with Gasteiger partial charge in [0, 0.05) is 6.54 Å². The minimum absolute atomic E-state index is 0.210. The number of hydrogen-bond acceptors (Lipinski definition) is 4. The molecule has 0 aromatic carbocycles. The summed E-state index contributed by atoms with van der Waals surface area (Å²) in [5.74, 6) is 2.11. The van der Waals surface area contributed by atoms with Gasteiger partial charge in [-0.05, 0) is 24.7 Å². The van der Waals surface area contributed by atoms with E-state index in [1.54, 1.807) is 0 Å². The molecule has 0 aliphatic heterocycles. The van der Waals surface area contributed by atoms with Gasteiger partial charge in [0.05, 0.1) is 5.56 Å². The molecule has 104 valence electrons. The van der Waals surface area contributed by atoms with Crippen molar-refractivity contribution in [1.29, 1.82) is 0 Å². The Morgan fingerprint density at radius 3 is 2.63 bits per heavy atom. The molecule has 1 heterocycles. The number of nitrogens with one attached hydrogen (secondary N) is 1. The lowest BCUT2D eigenvalue weighted by Gasteiger charge is -2.28. The van der Waals surface area contributed by atoms with Gasteiger partial charge in [-0.3, -0.25) is 4.79 Å². The van der Waals surface area contributed by atoms with Crippen LogP contribution in [0.4, 0.5) is 5.82 Å². The van der Waals surface area contributed by atoms with Crippen LogP contribution in [0.2, 0.25) is 5.15 Å². The van der Waals surface area contributed by atoms with Crippen LogP contribution >= 0.6 is 11.6 Å². The fraction of sp³-hybridized carbons (Fsp3) is 0.643. The highest BCUT2D eigenvalue weighted by Gasteiger charge is 2.20. The molecule has 0 atom stereocenters. The molecule has 0 radical (unpaired) electrons. The van der Waals surface area contributed by atoms with E-state index in [4.69, 9.17) is 11.6 Å². The molecule has 1 fully saturated rings. The maximum atomic E-state index is 11.0. The Balaban J connectivity index is 1.89. The quantitative estimate of drug-likeness (QED) is 0.662. The van der Waals surface area contributed by atoms with Gasteiger partial charge in [-0.1, -0.05) is 37.8 Å². The van der Waals surface area contributed by atoms with Gasteiger partial charge < -0.3 is 5.32 Å². The number of nitrogens with zero attached hydrogens (tertiary/aromatic N) is 2. The first-order chi connectivity index (χ1) is 9.24. The van der Waals surface area contributed by atoms with Crippen molar-refractivity contribution in [2.45, 2.75) is 39.0 Å². The summed E-state index contributed by atoms with van der Waals surface area (Å²) in [5.41, 5.74) is 0.353. The Morgan fingerprint density at radius 2 is 2.00 bits per heavy atom. The van der Waals surface area contributed by atoms with Crippen molar-refractivity contribution >= 4 is 23.7 Å². The molecule has 0 amide bonds. The Hall–Kier alpha value is -1.16. The van der Waals surface area contributed by atoms with Crippen molar-refractivity contribution < 1.29 is 4.79 Å². The summed E-state index contributed by atoms with van der Waals surface area (Å²) in [6.07, 6.45) is 8.50. The lowest BCUT2D eigenvalue weighted by atomic mass is 9.81. The van der Waals surface area contributed by atoms with Crippen LogP contribution in [0.25, 0.3) is 0 Å². The molecule has 5 heteroatoms. The zero-order valence-corrected chi connectivity index (χ0v) is 12.0. The minimum atomic E-state index is 0.210. The normalized spacial score (nSPS) is 23.1. The van der Waals surface area contributed by atoms with Gasteiger partial charge in [-0.2, -0.15) is 0 Å². The Morgan fingerprint density at radius 1 is 1.32 bits per heavy atom. The zero-order valence-electron chi connectivity index (χ0n) is 11.2. The Bertz CT molecular complexity index is 431. The minimum Gasteiger partial charge on any atom is -0.369 e. The second-order valence-corrected chi connectivity index (χ2v) is 5.58. The topological polar surface area (TPSA) is 54.9 Å². The molecule has 0 saturated heterocycles. The van der Waals surface area contributed by atoms with E-state index >= 15 is 0 Å². The van der Waals surface area contributed by atoms with Gasteiger partial charge in [0.1, 0.15) is 17.3 Å². The summed E-state index contributed by atoms with van der Waals surface area (Å²) < 4.78 is 0. The van der Waals surface area contributed by atoms with Crippen molar-refractivity contribution in [2.24, 2.45) is 11.8 Å². The molecule has 1 aromatic rings. The Labute approximate surface area is 119 Å². The van der Waals surface area contributed by atoms with Crippen LogP contribution in [0, 0.1) is 11.8 Å². The van der Waals surface area contributed by atoms with Crippen molar-refractivity contribution in [3.63, 3.8) is 0 Å². The standard InChI is InChI=1S/C14H20ClN3O/c1-2-10-3-5-11(6-4-10)7-16-14-12(8-19)13(15)17-9-18-14/h8-11H,2-7H2,1H3,(H,16,17,18). The highest BCUT2D eigenvalue weighted by atomic mass is 35.5. The first-order valence-electron chi connectivity index (χ1n) is 6.94. The van der Waals surface area contributed by atoms with Crippen molar-refractivity contribution in [2.75, 3.05) is 11.9 Å². The SMILES string of the molecule is CCC1CCC(CNc2ncnc(Cl)c2C=O)CC1. The molecule has 1 saturated carbocycles. The molecule has 19 heavy (non-hydrogen) atoms. The summed E-state index contributed by atoms with van der Waals surface area (Å²) in [5, 5.41) is 3.45. The van der Waals surface area contributed by atoms with Crippen molar-refractivity contribution in [1.82, 2.24) is 9.97 Å². The maximum Gasteiger partial charge on any atom is 0.156 e. The lowest BCUT2D eigenvalue weighted by molar-refractivity contribution is 0.112. The molecule has 1 aliphatic rings. The van der Waals surface area contributed by atoms with E-state index in [1.807, 2.05) is 0 Å². The third kappa shape index (κ3) is 3.66. The molecule has 4 nitrogen and oxygen atoms in total. The predicted octanol–water partition coefficient (Wildman–Crippen LogP) is 3.57. The zero-order chi connectivity index (χ0) is 13.7. The van der Waals surface area contributed by atoms with Crippen LogP contribution in [0.3, 0.4) is 0 Å². The lowest BCUT2D eigenvalue weighted by Crippen LogP contribution is -2.21. The summed E-state index contributed by atoms with van der Waals surface area (Å²) in [6, 6.07) is 0. The van der Waals surface area contributed by atoms with Gasteiger partial charge in [0.2, 0.25) is 0 Å². The van der Waals surface area contributed by atoms with E-state index in [-0.39, 0.29) is 5.15 Å². The van der Waals surface area contributed by atoms with Gasteiger partial charge in [0.25, 0.3) is 0 Å². The van der Waals surface area contributed by atoms with Crippen molar-refractivity contribution in [3.8, 4) is 0 Å².